The van der Waals surface area contributed by atoms with Crippen LogP contribution in [-0.4, -0.2) is 77.0 Å². The maximum Gasteiger partial charge on any atom is 0.317 e. The third-order valence-electron chi connectivity index (χ3n) is 4.45. The van der Waals surface area contributed by atoms with Gasteiger partial charge in [0, 0.05) is 19.5 Å². The van der Waals surface area contributed by atoms with Crippen molar-refractivity contribution in [2.45, 2.75) is 45.4 Å². The largest absolute Gasteiger partial charge is 0.480 e. The first-order chi connectivity index (χ1) is 11.4. The van der Waals surface area contributed by atoms with Gasteiger partial charge < -0.3 is 15.0 Å². The molecule has 1 unspecified atom stereocenters. The normalized spacial score (nSPS) is 22.3. The number of Topliss-reactive ketones (excluding diaryl/α,β-unsaturated/α-hetero) is 1. The molecule has 0 amide bonds. The fourth-order valence-electron chi connectivity index (χ4n) is 3.33. The number of rotatable bonds is 6. The number of aliphatic carboxylic acids is 2. The molecule has 1 rings (SSSR count). The van der Waals surface area contributed by atoms with Crippen molar-refractivity contribution in [1.82, 2.24) is 9.80 Å². The predicted molar refractivity (Wildman–Crippen MR) is 90.0 cm³/mol. The number of carboxylic acids is 2. The van der Waals surface area contributed by atoms with Gasteiger partial charge in [0.1, 0.15) is 5.78 Å². The molecular formula is C17H30N2O5. The van der Waals surface area contributed by atoms with Gasteiger partial charge >= 0.3 is 11.9 Å². The molecule has 1 heterocycles. The maximum absolute atomic E-state index is 11.4. The van der Waals surface area contributed by atoms with E-state index in [0.29, 0.717) is 38.5 Å². The highest BCUT2D eigenvalue weighted by Crippen LogP contribution is 2.20. The molecule has 1 saturated heterocycles. The summed E-state index contributed by atoms with van der Waals surface area (Å²) in [5.41, 5.74) is 0. The highest BCUT2D eigenvalue weighted by molar-refractivity contribution is 5.75. The number of nitrogens with zero attached hydrogens (tertiary/aromatic N) is 2. The van der Waals surface area contributed by atoms with Gasteiger partial charge in [0.05, 0.1) is 13.1 Å². The highest BCUT2D eigenvalue weighted by Gasteiger charge is 2.17. The van der Waals surface area contributed by atoms with Crippen molar-refractivity contribution < 1.29 is 24.6 Å². The number of hydrogen-bond donors (Lipinski definition) is 2. The minimum atomic E-state index is -0.868. The minimum absolute atomic E-state index is 0.0161. The standard InChI is InChI=1S/C17H30N2O5/c1-14(20)11-15-5-2-3-7-18(12-16(21)22)9-10-19(8-4-6-15)13-17(23)24/h15H,2-13H2,1H3,(H,21,22)(H,23,24). The summed E-state index contributed by atoms with van der Waals surface area (Å²) in [6.45, 7) is 4.05. The Kier molecular flexibility index (Phi) is 9.56. The molecule has 2 N–H and O–H groups in total. The molecule has 0 radical (unpaired) electrons. The topological polar surface area (TPSA) is 98.2 Å². The van der Waals surface area contributed by atoms with Crippen molar-refractivity contribution in [3.05, 3.63) is 0 Å². The van der Waals surface area contributed by atoms with Crippen LogP contribution in [-0.2, 0) is 14.4 Å². The van der Waals surface area contributed by atoms with Crippen LogP contribution in [0.2, 0.25) is 0 Å². The molecule has 0 aliphatic carbocycles. The second kappa shape index (κ2) is 11.1. The van der Waals surface area contributed by atoms with E-state index in [1.54, 1.807) is 6.92 Å². The molecule has 24 heavy (non-hydrogen) atoms. The smallest absolute Gasteiger partial charge is 0.317 e. The summed E-state index contributed by atoms with van der Waals surface area (Å²) < 4.78 is 0. The second-order valence-corrected chi connectivity index (χ2v) is 6.75. The number of hydrogen-bond acceptors (Lipinski definition) is 5. The molecule has 1 aliphatic heterocycles. The summed E-state index contributed by atoms with van der Waals surface area (Å²) in [6.07, 6.45) is 5.25. The number of ketones is 1. The van der Waals surface area contributed by atoms with Crippen LogP contribution in [0.5, 0.6) is 0 Å². The SMILES string of the molecule is CC(=O)CC1CCCCN(CC(=O)O)CCN(CC(=O)O)CCC1. The van der Waals surface area contributed by atoms with Gasteiger partial charge in [-0.3, -0.25) is 19.4 Å². The van der Waals surface area contributed by atoms with E-state index >= 15 is 0 Å². The zero-order valence-corrected chi connectivity index (χ0v) is 14.6. The second-order valence-electron chi connectivity index (χ2n) is 6.75. The Morgan fingerprint density at radius 1 is 0.833 bits per heavy atom. The average Bonchev–Trinajstić information content (AvgIpc) is 2.45. The van der Waals surface area contributed by atoms with Crippen molar-refractivity contribution in [2.24, 2.45) is 5.92 Å². The molecule has 1 aliphatic rings. The van der Waals surface area contributed by atoms with E-state index in [-0.39, 0.29) is 18.9 Å². The lowest BCUT2D eigenvalue weighted by atomic mass is 9.91. The number of carboxylic acid groups (broad SMARTS) is 2. The van der Waals surface area contributed by atoms with Gasteiger partial charge in [-0.15, -0.1) is 0 Å². The zero-order chi connectivity index (χ0) is 17.9. The first-order valence-corrected chi connectivity index (χ1v) is 8.74. The fourth-order valence-corrected chi connectivity index (χ4v) is 3.33. The summed E-state index contributed by atoms with van der Waals surface area (Å²) in [6, 6.07) is 0. The Bertz CT molecular complexity index is 427. The molecular weight excluding hydrogens is 312 g/mol. The Balaban J connectivity index is 2.67. The molecule has 7 heteroatoms. The summed E-state index contributed by atoms with van der Waals surface area (Å²) in [5.74, 6) is -1.18. The maximum atomic E-state index is 11.4. The summed E-state index contributed by atoms with van der Waals surface area (Å²) in [4.78, 5) is 37.2. The van der Waals surface area contributed by atoms with Crippen LogP contribution < -0.4 is 0 Å². The lowest BCUT2D eigenvalue weighted by Gasteiger charge is -2.27. The van der Waals surface area contributed by atoms with Gasteiger partial charge in [-0.05, 0) is 51.6 Å². The van der Waals surface area contributed by atoms with E-state index < -0.39 is 11.9 Å². The average molecular weight is 342 g/mol. The van der Waals surface area contributed by atoms with E-state index in [9.17, 15) is 14.4 Å². The fraction of sp³-hybridized carbons (Fsp3) is 0.824. The van der Waals surface area contributed by atoms with Crippen LogP contribution in [0.3, 0.4) is 0 Å². The molecule has 1 atom stereocenters. The Morgan fingerprint density at radius 3 is 1.83 bits per heavy atom. The van der Waals surface area contributed by atoms with E-state index in [4.69, 9.17) is 10.2 Å². The molecule has 0 spiro atoms. The number of carbonyl (C=O) groups excluding carboxylic acids is 1. The van der Waals surface area contributed by atoms with Gasteiger partial charge in [0.2, 0.25) is 0 Å². The molecule has 0 saturated carbocycles. The quantitative estimate of drug-likeness (QED) is 0.751. The number of carbonyl (C=O) groups is 3. The summed E-state index contributed by atoms with van der Waals surface area (Å²) in [7, 11) is 0. The summed E-state index contributed by atoms with van der Waals surface area (Å²) >= 11 is 0. The molecule has 0 aromatic carbocycles. The Labute approximate surface area is 143 Å². The lowest BCUT2D eigenvalue weighted by molar-refractivity contribution is -0.140. The first kappa shape index (κ1) is 20.6. The zero-order valence-electron chi connectivity index (χ0n) is 14.6. The molecule has 7 nitrogen and oxygen atoms in total. The van der Waals surface area contributed by atoms with Crippen LogP contribution >= 0.6 is 0 Å². The molecule has 0 aromatic rings. The van der Waals surface area contributed by atoms with Gasteiger partial charge in [-0.2, -0.15) is 0 Å². The first-order valence-electron chi connectivity index (χ1n) is 8.74. The highest BCUT2D eigenvalue weighted by atomic mass is 16.4. The van der Waals surface area contributed by atoms with E-state index in [0.717, 1.165) is 32.1 Å². The molecule has 1 fully saturated rings. The van der Waals surface area contributed by atoms with Crippen molar-refractivity contribution in [2.75, 3.05) is 39.3 Å². The van der Waals surface area contributed by atoms with Gasteiger partial charge in [0.25, 0.3) is 0 Å². The summed E-state index contributed by atoms with van der Waals surface area (Å²) in [5, 5.41) is 18.1. The Morgan fingerprint density at radius 2 is 1.33 bits per heavy atom. The van der Waals surface area contributed by atoms with Crippen LogP contribution in [0.1, 0.15) is 45.4 Å². The van der Waals surface area contributed by atoms with E-state index in [1.807, 2.05) is 9.80 Å². The van der Waals surface area contributed by atoms with E-state index in [1.165, 1.54) is 0 Å². The van der Waals surface area contributed by atoms with Gasteiger partial charge in [-0.25, -0.2) is 0 Å². The van der Waals surface area contributed by atoms with Crippen molar-refractivity contribution in [3.8, 4) is 0 Å². The Hall–Kier alpha value is -1.47. The van der Waals surface area contributed by atoms with Crippen LogP contribution in [0.4, 0.5) is 0 Å². The molecule has 138 valence electrons. The van der Waals surface area contributed by atoms with Crippen LogP contribution in [0, 0.1) is 5.92 Å². The van der Waals surface area contributed by atoms with Gasteiger partial charge in [0.15, 0.2) is 0 Å². The van der Waals surface area contributed by atoms with Crippen molar-refractivity contribution in [1.29, 1.82) is 0 Å². The van der Waals surface area contributed by atoms with Crippen LogP contribution in [0.15, 0.2) is 0 Å². The van der Waals surface area contributed by atoms with Crippen LogP contribution in [0.25, 0.3) is 0 Å². The third kappa shape index (κ3) is 9.62. The molecule has 0 aromatic heterocycles. The minimum Gasteiger partial charge on any atom is -0.480 e. The van der Waals surface area contributed by atoms with E-state index in [2.05, 4.69) is 0 Å². The monoisotopic (exact) mass is 342 g/mol. The lowest BCUT2D eigenvalue weighted by Crippen LogP contribution is -2.40. The van der Waals surface area contributed by atoms with Crippen molar-refractivity contribution >= 4 is 17.7 Å². The third-order valence-corrected chi connectivity index (χ3v) is 4.45. The molecule has 0 bridgehead atoms. The predicted octanol–water partition coefficient (Wildman–Crippen LogP) is 1.32. The van der Waals surface area contributed by atoms with Gasteiger partial charge in [-0.1, -0.05) is 6.42 Å². The van der Waals surface area contributed by atoms with Crippen molar-refractivity contribution in [3.63, 3.8) is 0 Å².